The molecule has 100 valence electrons. The molecule has 1 aliphatic heterocycles. The molecule has 5 nitrogen and oxygen atoms in total. The van der Waals surface area contributed by atoms with Gasteiger partial charge in [0.05, 0.1) is 6.54 Å². The highest BCUT2D eigenvalue weighted by Crippen LogP contribution is 2.27. The Morgan fingerprint density at radius 2 is 2.26 bits per heavy atom. The van der Waals surface area contributed by atoms with Crippen molar-refractivity contribution < 1.29 is 0 Å². The van der Waals surface area contributed by atoms with Crippen molar-refractivity contribution in [3.63, 3.8) is 0 Å². The Kier molecular flexibility index (Phi) is 3.40. The van der Waals surface area contributed by atoms with Gasteiger partial charge >= 0.3 is 0 Å². The molecule has 0 saturated heterocycles. The van der Waals surface area contributed by atoms with Crippen molar-refractivity contribution in [2.75, 3.05) is 18.5 Å². The van der Waals surface area contributed by atoms with E-state index in [1.54, 1.807) is 6.33 Å². The number of benzene rings is 1. The number of anilines is 1. The molecular weight excluding hydrogens is 262 g/mol. The number of nitrogens with one attached hydrogen (secondary N) is 1. The molecule has 1 aliphatic rings. The predicted octanol–water partition coefficient (Wildman–Crippen LogP) is 1.67. The average Bonchev–Trinajstić information content (AvgIpc) is 2.86. The van der Waals surface area contributed by atoms with Gasteiger partial charge in [-0.3, -0.25) is 0 Å². The number of fused-ring (bicyclic) bond motifs is 1. The maximum Gasteiger partial charge on any atom is 0.152 e. The van der Waals surface area contributed by atoms with Crippen LogP contribution in [0.4, 0.5) is 5.69 Å². The number of aromatic nitrogens is 3. The van der Waals surface area contributed by atoms with E-state index >= 15 is 0 Å². The minimum atomic E-state index is 0.772. The summed E-state index contributed by atoms with van der Waals surface area (Å²) in [6.45, 7) is 3.48. The van der Waals surface area contributed by atoms with Crippen molar-refractivity contribution in [2.24, 2.45) is 0 Å². The van der Waals surface area contributed by atoms with Gasteiger partial charge in [-0.2, -0.15) is 0 Å². The van der Waals surface area contributed by atoms with Gasteiger partial charge in [0.25, 0.3) is 0 Å². The lowest BCUT2D eigenvalue weighted by molar-refractivity contribution is 0.558. The van der Waals surface area contributed by atoms with Crippen LogP contribution in [0.1, 0.15) is 11.4 Å². The van der Waals surface area contributed by atoms with Crippen LogP contribution in [0.5, 0.6) is 0 Å². The summed E-state index contributed by atoms with van der Waals surface area (Å²) in [6.07, 6.45) is 1.79. The summed E-state index contributed by atoms with van der Waals surface area (Å²) in [7, 11) is 1.94. The van der Waals surface area contributed by atoms with Crippen LogP contribution >= 0.6 is 11.6 Å². The summed E-state index contributed by atoms with van der Waals surface area (Å²) in [6, 6.07) is 6.04. The van der Waals surface area contributed by atoms with Crippen LogP contribution < -0.4 is 10.2 Å². The fraction of sp³-hybridized carbons (Fsp3) is 0.385. The van der Waals surface area contributed by atoms with Crippen molar-refractivity contribution in [3.8, 4) is 0 Å². The first-order valence-corrected chi connectivity index (χ1v) is 6.70. The fourth-order valence-electron chi connectivity index (χ4n) is 2.47. The third kappa shape index (κ3) is 2.43. The zero-order valence-corrected chi connectivity index (χ0v) is 11.6. The third-order valence-electron chi connectivity index (χ3n) is 3.39. The van der Waals surface area contributed by atoms with Gasteiger partial charge < -0.3 is 14.8 Å². The van der Waals surface area contributed by atoms with E-state index in [4.69, 9.17) is 11.6 Å². The molecule has 1 aromatic heterocycles. The molecule has 0 atom stereocenters. The second-order valence-corrected chi connectivity index (χ2v) is 5.10. The van der Waals surface area contributed by atoms with E-state index in [1.807, 2.05) is 19.2 Å². The lowest BCUT2D eigenvalue weighted by Crippen LogP contribution is -2.34. The molecule has 19 heavy (non-hydrogen) atoms. The summed E-state index contributed by atoms with van der Waals surface area (Å²) >= 11 is 6.08. The number of halogens is 1. The van der Waals surface area contributed by atoms with Crippen molar-refractivity contribution in [2.45, 2.75) is 19.6 Å². The molecule has 1 N–H and O–H groups in total. The monoisotopic (exact) mass is 277 g/mol. The summed E-state index contributed by atoms with van der Waals surface area (Å²) in [5, 5.41) is 12.1. The zero-order valence-electron chi connectivity index (χ0n) is 10.8. The topological polar surface area (TPSA) is 46.0 Å². The van der Waals surface area contributed by atoms with Gasteiger partial charge in [-0.1, -0.05) is 11.6 Å². The SMILES string of the molecule is CNCc1cc(Cl)ccc1N1CCn2cnnc2C1. The van der Waals surface area contributed by atoms with Gasteiger partial charge in [0.2, 0.25) is 0 Å². The molecule has 0 aliphatic carbocycles. The Labute approximate surface area is 117 Å². The Bertz CT molecular complexity index is 580. The second kappa shape index (κ2) is 5.19. The molecule has 6 heteroatoms. The summed E-state index contributed by atoms with van der Waals surface area (Å²) in [4.78, 5) is 2.33. The van der Waals surface area contributed by atoms with Crippen molar-refractivity contribution in [1.82, 2.24) is 20.1 Å². The molecule has 0 fully saturated rings. The largest absolute Gasteiger partial charge is 0.362 e. The quantitative estimate of drug-likeness (QED) is 0.927. The van der Waals surface area contributed by atoms with Gasteiger partial charge in [-0.25, -0.2) is 0 Å². The molecule has 0 spiro atoms. The van der Waals surface area contributed by atoms with E-state index in [1.165, 1.54) is 11.3 Å². The maximum atomic E-state index is 6.08. The van der Waals surface area contributed by atoms with Crippen LogP contribution in [-0.2, 0) is 19.6 Å². The standard InChI is InChI=1S/C13H16ClN5/c1-15-7-10-6-11(14)2-3-12(10)18-4-5-19-9-16-17-13(19)8-18/h2-3,6,9,15H,4-5,7-8H2,1H3. The first-order chi connectivity index (χ1) is 9.28. The molecule has 0 radical (unpaired) electrons. The molecule has 3 rings (SSSR count). The summed E-state index contributed by atoms with van der Waals surface area (Å²) < 4.78 is 2.10. The molecule has 2 heterocycles. The van der Waals surface area contributed by atoms with Crippen molar-refractivity contribution in [1.29, 1.82) is 0 Å². The highest BCUT2D eigenvalue weighted by atomic mass is 35.5. The van der Waals surface area contributed by atoms with Crippen LogP contribution in [0.2, 0.25) is 5.02 Å². The fourth-order valence-corrected chi connectivity index (χ4v) is 2.66. The normalized spacial score (nSPS) is 14.5. The highest BCUT2D eigenvalue weighted by Gasteiger charge is 2.19. The van der Waals surface area contributed by atoms with Crippen molar-refractivity contribution >= 4 is 17.3 Å². The predicted molar refractivity (Wildman–Crippen MR) is 75.3 cm³/mol. The van der Waals surface area contributed by atoms with E-state index in [2.05, 4.69) is 31.0 Å². The van der Waals surface area contributed by atoms with Crippen LogP contribution in [0.25, 0.3) is 0 Å². The van der Waals surface area contributed by atoms with Crippen LogP contribution in [0, 0.1) is 0 Å². The highest BCUT2D eigenvalue weighted by molar-refractivity contribution is 6.30. The third-order valence-corrected chi connectivity index (χ3v) is 3.62. The van der Waals surface area contributed by atoms with Gasteiger partial charge in [0.1, 0.15) is 6.33 Å². The molecule has 1 aromatic carbocycles. The first kappa shape index (κ1) is 12.4. The van der Waals surface area contributed by atoms with Gasteiger partial charge in [0, 0.05) is 30.3 Å². The first-order valence-electron chi connectivity index (χ1n) is 6.32. The summed E-state index contributed by atoms with van der Waals surface area (Å²) in [5.74, 6) is 1.01. The van der Waals surface area contributed by atoms with Gasteiger partial charge in [-0.05, 0) is 30.8 Å². The average molecular weight is 278 g/mol. The molecular formula is C13H16ClN5. The minimum absolute atomic E-state index is 0.772. The molecule has 0 amide bonds. The van der Waals surface area contributed by atoms with Gasteiger partial charge in [0.15, 0.2) is 5.82 Å². The Morgan fingerprint density at radius 3 is 3.11 bits per heavy atom. The van der Waals surface area contributed by atoms with Crippen LogP contribution in [0.3, 0.4) is 0 Å². The van der Waals surface area contributed by atoms with Gasteiger partial charge in [-0.15, -0.1) is 10.2 Å². The Balaban J connectivity index is 1.90. The molecule has 2 aromatic rings. The van der Waals surface area contributed by atoms with E-state index in [0.29, 0.717) is 0 Å². The zero-order chi connectivity index (χ0) is 13.2. The lowest BCUT2D eigenvalue weighted by atomic mass is 10.1. The summed E-state index contributed by atoms with van der Waals surface area (Å²) in [5.41, 5.74) is 2.43. The molecule has 0 bridgehead atoms. The van der Waals surface area contributed by atoms with E-state index in [-0.39, 0.29) is 0 Å². The van der Waals surface area contributed by atoms with Crippen LogP contribution in [0.15, 0.2) is 24.5 Å². The number of hydrogen-bond acceptors (Lipinski definition) is 4. The van der Waals surface area contributed by atoms with E-state index < -0.39 is 0 Å². The smallest absolute Gasteiger partial charge is 0.152 e. The van der Waals surface area contributed by atoms with Crippen LogP contribution in [-0.4, -0.2) is 28.4 Å². The molecule has 0 unspecified atom stereocenters. The number of nitrogens with zero attached hydrogens (tertiary/aromatic N) is 4. The Morgan fingerprint density at radius 1 is 1.37 bits per heavy atom. The minimum Gasteiger partial charge on any atom is -0.362 e. The Hall–Kier alpha value is -1.59. The number of rotatable bonds is 3. The van der Waals surface area contributed by atoms with E-state index in [9.17, 15) is 0 Å². The lowest BCUT2D eigenvalue weighted by Gasteiger charge is -2.30. The van der Waals surface area contributed by atoms with Crippen molar-refractivity contribution in [3.05, 3.63) is 40.9 Å². The second-order valence-electron chi connectivity index (χ2n) is 4.67. The van der Waals surface area contributed by atoms with E-state index in [0.717, 1.165) is 37.0 Å². The molecule has 0 saturated carbocycles. The maximum absolute atomic E-state index is 6.08. The number of hydrogen-bond donors (Lipinski definition) is 1.